The van der Waals surface area contributed by atoms with Crippen LogP contribution in [0, 0.1) is 6.92 Å². The van der Waals surface area contributed by atoms with Crippen LogP contribution in [0.5, 0.6) is 5.75 Å². The highest BCUT2D eigenvalue weighted by molar-refractivity contribution is 5.81. The van der Waals surface area contributed by atoms with E-state index in [9.17, 15) is 9.90 Å². The van der Waals surface area contributed by atoms with Gasteiger partial charge in [-0.15, -0.1) is 0 Å². The molecule has 0 aliphatic rings. The van der Waals surface area contributed by atoms with Gasteiger partial charge in [0.1, 0.15) is 11.3 Å². The smallest absolute Gasteiger partial charge is 0.328 e. The van der Waals surface area contributed by atoms with Crippen molar-refractivity contribution in [3.8, 4) is 5.75 Å². The van der Waals surface area contributed by atoms with Crippen LogP contribution in [-0.4, -0.2) is 25.2 Å². The molecule has 0 saturated carbocycles. The molecule has 0 saturated heterocycles. The maximum absolute atomic E-state index is 11.3. The van der Waals surface area contributed by atoms with Crippen molar-refractivity contribution in [3.63, 3.8) is 0 Å². The van der Waals surface area contributed by atoms with Gasteiger partial charge >= 0.3 is 5.97 Å². The van der Waals surface area contributed by atoms with Crippen molar-refractivity contribution in [1.82, 2.24) is 5.32 Å². The predicted molar refractivity (Wildman–Crippen MR) is 61.8 cm³/mol. The Morgan fingerprint density at radius 3 is 2.56 bits per heavy atom. The van der Waals surface area contributed by atoms with Gasteiger partial charge in [0.15, 0.2) is 0 Å². The Morgan fingerprint density at radius 1 is 1.50 bits per heavy atom. The summed E-state index contributed by atoms with van der Waals surface area (Å²) in [5.74, 6) is -0.358. The van der Waals surface area contributed by atoms with Crippen LogP contribution in [-0.2, 0) is 10.3 Å². The van der Waals surface area contributed by atoms with Gasteiger partial charge in [-0.2, -0.15) is 0 Å². The fraction of sp³-hybridized carbons (Fsp3) is 0.417. The Morgan fingerprint density at radius 2 is 2.12 bits per heavy atom. The summed E-state index contributed by atoms with van der Waals surface area (Å²) in [7, 11) is 3.15. The van der Waals surface area contributed by atoms with Crippen molar-refractivity contribution in [2.75, 3.05) is 14.2 Å². The van der Waals surface area contributed by atoms with Gasteiger partial charge in [0, 0.05) is 5.56 Å². The van der Waals surface area contributed by atoms with Gasteiger partial charge < -0.3 is 15.2 Å². The molecule has 0 fully saturated rings. The summed E-state index contributed by atoms with van der Waals surface area (Å²) in [5.41, 5.74) is 0.487. The molecule has 0 radical (unpaired) electrons. The number of aliphatic carboxylic acids is 1. The zero-order valence-corrected chi connectivity index (χ0v) is 10.00. The van der Waals surface area contributed by atoms with E-state index in [1.807, 2.05) is 19.1 Å². The van der Waals surface area contributed by atoms with Crippen LogP contribution in [0.2, 0.25) is 0 Å². The number of methoxy groups -OCH3 is 1. The first-order valence-corrected chi connectivity index (χ1v) is 5.03. The number of nitrogens with one attached hydrogen (secondary N) is 1. The van der Waals surface area contributed by atoms with Crippen molar-refractivity contribution in [1.29, 1.82) is 0 Å². The van der Waals surface area contributed by atoms with Gasteiger partial charge in [0.2, 0.25) is 0 Å². The van der Waals surface area contributed by atoms with E-state index >= 15 is 0 Å². The summed E-state index contributed by atoms with van der Waals surface area (Å²) >= 11 is 0. The Balaban J connectivity index is 3.39. The number of ether oxygens (including phenoxy) is 1. The Kier molecular flexibility index (Phi) is 3.55. The Labute approximate surface area is 95.2 Å². The predicted octanol–water partition coefficient (Wildman–Crippen LogP) is 1.52. The van der Waals surface area contributed by atoms with E-state index in [0.717, 1.165) is 5.56 Å². The van der Waals surface area contributed by atoms with Gasteiger partial charge in [-0.25, -0.2) is 4.79 Å². The summed E-state index contributed by atoms with van der Waals surface area (Å²) in [6.07, 6.45) is 0. The molecule has 1 rings (SSSR count). The number of likely N-dealkylation sites (N-methyl/N-ethyl adjacent to an activating group) is 1. The molecule has 4 heteroatoms. The second-order valence-electron chi connectivity index (χ2n) is 3.88. The van der Waals surface area contributed by atoms with Crippen LogP contribution in [0.25, 0.3) is 0 Å². The lowest BCUT2D eigenvalue weighted by Gasteiger charge is -2.26. The number of carboxylic acid groups (broad SMARTS) is 1. The van der Waals surface area contributed by atoms with Crippen molar-refractivity contribution in [2.45, 2.75) is 19.4 Å². The molecular weight excluding hydrogens is 206 g/mol. The molecule has 88 valence electrons. The summed E-state index contributed by atoms with van der Waals surface area (Å²) in [6.45, 7) is 3.54. The second-order valence-corrected chi connectivity index (χ2v) is 3.88. The third-order valence-corrected chi connectivity index (χ3v) is 2.82. The van der Waals surface area contributed by atoms with E-state index in [0.29, 0.717) is 11.3 Å². The number of rotatable bonds is 4. The Hall–Kier alpha value is -1.55. The first-order chi connectivity index (χ1) is 7.45. The van der Waals surface area contributed by atoms with E-state index in [1.165, 1.54) is 7.11 Å². The number of hydrogen-bond donors (Lipinski definition) is 2. The second kappa shape index (κ2) is 4.53. The molecule has 4 nitrogen and oxygen atoms in total. The molecule has 16 heavy (non-hydrogen) atoms. The molecule has 0 aliphatic heterocycles. The topological polar surface area (TPSA) is 58.6 Å². The van der Waals surface area contributed by atoms with Crippen LogP contribution >= 0.6 is 0 Å². The molecule has 0 aromatic heterocycles. The fourth-order valence-corrected chi connectivity index (χ4v) is 1.57. The Bertz CT molecular complexity index is 403. The maximum atomic E-state index is 11.3. The molecule has 0 bridgehead atoms. The minimum atomic E-state index is -1.14. The van der Waals surface area contributed by atoms with Crippen LogP contribution in [0.15, 0.2) is 18.2 Å². The van der Waals surface area contributed by atoms with E-state index in [4.69, 9.17) is 4.74 Å². The number of carboxylic acids is 1. The van der Waals surface area contributed by atoms with Gasteiger partial charge in [0.25, 0.3) is 0 Å². The maximum Gasteiger partial charge on any atom is 0.328 e. The molecule has 1 atom stereocenters. The first-order valence-electron chi connectivity index (χ1n) is 5.03. The normalized spacial score (nSPS) is 14.2. The van der Waals surface area contributed by atoms with E-state index in [1.54, 1.807) is 20.0 Å². The summed E-state index contributed by atoms with van der Waals surface area (Å²) < 4.78 is 5.20. The van der Waals surface area contributed by atoms with Crippen molar-refractivity contribution in [2.24, 2.45) is 0 Å². The number of carbonyl (C=O) groups is 1. The fourth-order valence-electron chi connectivity index (χ4n) is 1.57. The highest BCUT2D eigenvalue weighted by Gasteiger charge is 2.36. The molecule has 1 aromatic rings. The summed E-state index contributed by atoms with van der Waals surface area (Å²) in [4.78, 5) is 11.3. The molecule has 0 amide bonds. The standard InChI is InChI=1S/C12H17NO3/c1-8-5-6-10(16-4)9(7-8)12(2,13-3)11(14)15/h5-7,13H,1-4H3,(H,14,15). The van der Waals surface area contributed by atoms with Crippen LogP contribution in [0.1, 0.15) is 18.1 Å². The minimum Gasteiger partial charge on any atom is -0.496 e. The quantitative estimate of drug-likeness (QED) is 0.812. The minimum absolute atomic E-state index is 0.574. The molecule has 1 aromatic carbocycles. The molecule has 2 N–H and O–H groups in total. The van der Waals surface area contributed by atoms with Crippen LogP contribution in [0.4, 0.5) is 0 Å². The monoisotopic (exact) mass is 223 g/mol. The van der Waals surface area contributed by atoms with Gasteiger partial charge in [-0.3, -0.25) is 0 Å². The molecule has 0 heterocycles. The van der Waals surface area contributed by atoms with E-state index in [-0.39, 0.29) is 0 Å². The molecular formula is C12H17NO3. The van der Waals surface area contributed by atoms with Crippen LogP contribution in [0.3, 0.4) is 0 Å². The lowest BCUT2D eigenvalue weighted by molar-refractivity contribution is -0.144. The molecule has 1 unspecified atom stereocenters. The average Bonchev–Trinajstić information content (AvgIpc) is 2.27. The van der Waals surface area contributed by atoms with Gasteiger partial charge in [-0.1, -0.05) is 11.6 Å². The first kappa shape index (κ1) is 12.5. The lowest BCUT2D eigenvalue weighted by Crippen LogP contribution is -2.44. The highest BCUT2D eigenvalue weighted by Crippen LogP contribution is 2.30. The lowest BCUT2D eigenvalue weighted by atomic mass is 9.90. The summed E-state index contributed by atoms with van der Waals surface area (Å²) in [6, 6.07) is 5.49. The van der Waals surface area contributed by atoms with Gasteiger partial charge in [-0.05, 0) is 33.0 Å². The van der Waals surface area contributed by atoms with Crippen molar-refractivity contribution < 1.29 is 14.6 Å². The number of benzene rings is 1. The largest absolute Gasteiger partial charge is 0.496 e. The van der Waals surface area contributed by atoms with Gasteiger partial charge in [0.05, 0.1) is 7.11 Å². The van der Waals surface area contributed by atoms with E-state index < -0.39 is 11.5 Å². The summed E-state index contributed by atoms with van der Waals surface area (Å²) in [5, 5.41) is 12.1. The molecule has 0 spiro atoms. The third-order valence-electron chi connectivity index (χ3n) is 2.82. The number of hydrogen-bond acceptors (Lipinski definition) is 3. The van der Waals surface area contributed by atoms with Crippen molar-refractivity contribution >= 4 is 5.97 Å². The molecule has 0 aliphatic carbocycles. The zero-order chi connectivity index (χ0) is 12.3. The third kappa shape index (κ3) is 2.02. The zero-order valence-electron chi connectivity index (χ0n) is 10.00. The van der Waals surface area contributed by atoms with Crippen molar-refractivity contribution in [3.05, 3.63) is 29.3 Å². The number of aryl methyl sites for hydroxylation is 1. The average molecular weight is 223 g/mol. The van der Waals surface area contributed by atoms with E-state index in [2.05, 4.69) is 5.32 Å². The highest BCUT2D eigenvalue weighted by atomic mass is 16.5. The SMILES string of the molecule is CNC(C)(C(=O)O)c1cc(C)ccc1OC. The van der Waals surface area contributed by atoms with Crippen LogP contribution < -0.4 is 10.1 Å².